The molecule has 2 rings (SSSR count). The molecule has 100 valence electrons. The largest absolute Gasteiger partial charge is 0.496 e. The number of para-hydroxylation sites is 1. The van der Waals surface area contributed by atoms with Gasteiger partial charge in [-0.2, -0.15) is 0 Å². The molecule has 0 radical (unpaired) electrons. The standard InChI is InChI=1S/C17H21NO/c1-3-14-8-10-15(11-9-14)12-18-13-16-6-4-5-7-17(16)19-2/h4-11,18H,3,12-13H2,1-2H3/p+1. The van der Waals surface area contributed by atoms with Crippen LogP contribution in [-0.4, -0.2) is 7.11 Å². The Kier molecular flexibility index (Phi) is 4.99. The lowest BCUT2D eigenvalue weighted by atomic mass is 10.1. The smallest absolute Gasteiger partial charge is 0.127 e. The van der Waals surface area contributed by atoms with Gasteiger partial charge in [0.25, 0.3) is 0 Å². The molecule has 2 aromatic carbocycles. The lowest BCUT2D eigenvalue weighted by Crippen LogP contribution is -2.80. The first-order chi connectivity index (χ1) is 9.33. The molecule has 0 amide bonds. The molecule has 0 bridgehead atoms. The van der Waals surface area contributed by atoms with Crippen LogP contribution in [0.15, 0.2) is 48.5 Å². The number of aryl methyl sites for hydroxylation is 1. The molecule has 0 fully saturated rings. The number of quaternary nitrogens is 1. The van der Waals surface area contributed by atoms with E-state index < -0.39 is 0 Å². The van der Waals surface area contributed by atoms with Crippen molar-refractivity contribution in [2.24, 2.45) is 0 Å². The average molecular weight is 256 g/mol. The SMILES string of the molecule is CCc1ccc(C[NH2+]Cc2ccccc2OC)cc1. The summed E-state index contributed by atoms with van der Waals surface area (Å²) in [6, 6.07) is 17.1. The second-order valence-corrected chi connectivity index (χ2v) is 4.68. The predicted molar refractivity (Wildman–Crippen MR) is 78.1 cm³/mol. The summed E-state index contributed by atoms with van der Waals surface area (Å²) in [5, 5.41) is 2.30. The van der Waals surface area contributed by atoms with Crippen molar-refractivity contribution >= 4 is 0 Å². The number of nitrogens with two attached hydrogens (primary N) is 1. The molecule has 0 atom stereocenters. The Morgan fingerprint density at radius 1 is 0.895 bits per heavy atom. The number of hydrogen-bond acceptors (Lipinski definition) is 1. The van der Waals surface area contributed by atoms with Gasteiger partial charge in [0.15, 0.2) is 0 Å². The first kappa shape index (κ1) is 13.6. The monoisotopic (exact) mass is 256 g/mol. The molecule has 2 heteroatoms. The molecule has 2 aromatic rings. The Hall–Kier alpha value is -1.80. The highest BCUT2D eigenvalue weighted by Gasteiger charge is 2.03. The zero-order valence-corrected chi connectivity index (χ0v) is 11.7. The van der Waals surface area contributed by atoms with E-state index in [4.69, 9.17) is 4.74 Å². The lowest BCUT2D eigenvalue weighted by Gasteiger charge is -2.07. The fraction of sp³-hybridized carbons (Fsp3) is 0.294. The molecule has 0 heterocycles. The highest BCUT2D eigenvalue weighted by molar-refractivity contribution is 5.32. The number of ether oxygens (including phenoxy) is 1. The first-order valence-corrected chi connectivity index (χ1v) is 6.85. The molecule has 19 heavy (non-hydrogen) atoms. The van der Waals surface area contributed by atoms with E-state index in [1.807, 2.05) is 12.1 Å². The molecule has 2 N–H and O–H groups in total. The third-order valence-corrected chi connectivity index (χ3v) is 3.37. The predicted octanol–water partition coefficient (Wildman–Crippen LogP) is 2.52. The van der Waals surface area contributed by atoms with E-state index in [-0.39, 0.29) is 0 Å². The maximum atomic E-state index is 5.36. The summed E-state index contributed by atoms with van der Waals surface area (Å²) in [7, 11) is 1.72. The molecule has 0 saturated carbocycles. The molecule has 0 aliphatic heterocycles. The van der Waals surface area contributed by atoms with Gasteiger partial charge in [-0.3, -0.25) is 0 Å². The molecule has 0 saturated heterocycles. The Bertz CT molecular complexity index is 505. The van der Waals surface area contributed by atoms with Crippen molar-refractivity contribution in [1.29, 1.82) is 0 Å². The van der Waals surface area contributed by atoms with Crippen LogP contribution in [-0.2, 0) is 19.5 Å². The van der Waals surface area contributed by atoms with Crippen LogP contribution in [0.2, 0.25) is 0 Å². The van der Waals surface area contributed by atoms with Gasteiger partial charge in [-0.1, -0.05) is 43.3 Å². The number of benzene rings is 2. The van der Waals surface area contributed by atoms with Crippen LogP contribution >= 0.6 is 0 Å². The summed E-state index contributed by atoms with van der Waals surface area (Å²) in [5.41, 5.74) is 4.01. The Morgan fingerprint density at radius 2 is 1.58 bits per heavy atom. The van der Waals surface area contributed by atoms with E-state index in [1.165, 1.54) is 16.7 Å². The van der Waals surface area contributed by atoms with Gasteiger partial charge in [0.2, 0.25) is 0 Å². The topological polar surface area (TPSA) is 25.8 Å². The summed E-state index contributed by atoms with van der Waals surface area (Å²) in [6.45, 7) is 4.13. The van der Waals surface area contributed by atoms with Crippen molar-refractivity contribution < 1.29 is 10.1 Å². The third kappa shape index (κ3) is 3.83. The van der Waals surface area contributed by atoms with Crippen molar-refractivity contribution in [3.63, 3.8) is 0 Å². The molecule has 0 aromatic heterocycles. The van der Waals surface area contributed by atoms with E-state index >= 15 is 0 Å². The Morgan fingerprint density at radius 3 is 2.26 bits per heavy atom. The molecule has 0 aliphatic carbocycles. The number of methoxy groups -OCH3 is 1. The summed E-state index contributed by atoms with van der Waals surface area (Å²) in [6.07, 6.45) is 1.10. The fourth-order valence-corrected chi connectivity index (χ4v) is 2.18. The number of hydrogen-bond donors (Lipinski definition) is 1. The van der Waals surface area contributed by atoms with Crippen LogP contribution in [0.25, 0.3) is 0 Å². The first-order valence-electron chi connectivity index (χ1n) is 6.85. The minimum absolute atomic E-state index is 0.944. The van der Waals surface area contributed by atoms with Crippen molar-refractivity contribution in [2.45, 2.75) is 26.4 Å². The molecule has 0 spiro atoms. The highest BCUT2D eigenvalue weighted by Crippen LogP contribution is 2.15. The van der Waals surface area contributed by atoms with Gasteiger partial charge in [0.1, 0.15) is 18.8 Å². The number of rotatable bonds is 6. The van der Waals surface area contributed by atoms with E-state index in [2.05, 4.69) is 48.6 Å². The van der Waals surface area contributed by atoms with Gasteiger partial charge in [-0.25, -0.2) is 0 Å². The maximum absolute atomic E-state index is 5.36. The summed E-state index contributed by atoms with van der Waals surface area (Å²) < 4.78 is 5.36. The Balaban J connectivity index is 1.88. The molecular weight excluding hydrogens is 234 g/mol. The molecular formula is C17H22NO+. The minimum atomic E-state index is 0.944. The average Bonchev–Trinajstić information content (AvgIpc) is 2.48. The van der Waals surface area contributed by atoms with Gasteiger partial charge < -0.3 is 10.1 Å². The zero-order valence-electron chi connectivity index (χ0n) is 11.7. The van der Waals surface area contributed by atoms with Crippen LogP contribution in [0.1, 0.15) is 23.6 Å². The van der Waals surface area contributed by atoms with Gasteiger partial charge in [-0.05, 0) is 24.1 Å². The van der Waals surface area contributed by atoms with Crippen LogP contribution in [0, 0.1) is 0 Å². The lowest BCUT2D eigenvalue weighted by molar-refractivity contribution is -0.686. The molecule has 2 nitrogen and oxygen atoms in total. The van der Waals surface area contributed by atoms with Gasteiger partial charge in [-0.15, -0.1) is 0 Å². The Labute approximate surface area is 115 Å². The highest BCUT2D eigenvalue weighted by atomic mass is 16.5. The summed E-state index contributed by atoms with van der Waals surface area (Å²) in [4.78, 5) is 0. The van der Waals surface area contributed by atoms with Crippen LogP contribution in [0.5, 0.6) is 5.75 Å². The normalized spacial score (nSPS) is 10.4. The maximum Gasteiger partial charge on any atom is 0.127 e. The summed E-state index contributed by atoms with van der Waals surface area (Å²) >= 11 is 0. The van der Waals surface area contributed by atoms with Gasteiger partial charge >= 0.3 is 0 Å². The van der Waals surface area contributed by atoms with Crippen molar-refractivity contribution in [2.75, 3.05) is 7.11 Å². The van der Waals surface area contributed by atoms with Crippen molar-refractivity contribution in [1.82, 2.24) is 0 Å². The van der Waals surface area contributed by atoms with Crippen molar-refractivity contribution in [3.05, 3.63) is 65.2 Å². The van der Waals surface area contributed by atoms with Gasteiger partial charge in [0, 0.05) is 11.1 Å². The molecule has 0 unspecified atom stereocenters. The quantitative estimate of drug-likeness (QED) is 0.844. The minimum Gasteiger partial charge on any atom is -0.496 e. The van der Waals surface area contributed by atoms with E-state index in [0.29, 0.717) is 0 Å². The zero-order chi connectivity index (χ0) is 13.5. The van der Waals surface area contributed by atoms with E-state index in [1.54, 1.807) is 7.11 Å². The van der Waals surface area contributed by atoms with E-state index in [0.717, 1.165) is 25.3 Å². The second-order valence-electron chi connectivity index (χ2n) is 4.68. The van der Waals surface area contributed by atoms with Crippen LogP contribution < -0.4 is 10.1 Å². The summed E-state index contributed by atoms with van der Waals surface area (Å²) in [5.74, 6) is 0.972. The van der Waals surface area contributed by atoms with Crippen LogP contribution in [0.4, 0.5) is 0 Å². The third-order valence-electron chi connectivity index (χ3n) is 3.37. The fourth-order valence-electron chi connectivity index (χ4n) is 2.18. The van der Waals surface area contributed by atoms with E-state index in [9.17, 15) is 0 Å². The van der Waals surface area contributed by atoms with Crippen molar-refractivity contribution in [3.8, 4) is 5.75 Å². The second kappa shape index (κ2) is 6.95. The molecule has 0 aliphatic rings. The van der Waals surface area contributed by atoms with Gasteiger partial charge in [0.05, 0.1) is 7.11 Å². The van der Waals surface area contributed by atoms with Crippen LogP contribution in [0.3, 0.4) is 0 Å².